The van der Waals surface area contributed by atoms with E-state index in [4.69, 9.17) is 24.4 Å². The van der Waals surface area contributed by atoms with Crippen molar-refractivity contribution in [3.05, 3.63) is 71.8 Å². The van der Waals surface area contributed by atoms with Gasteiger partial charge in [0.15, 0.2) is 11.5 Å². The fourth-order valence-corrected chi connectivity index (χ4v) is 5.19. The third kappa shape index (κ3) is 10.2. The van der Waals surface area contributed by atoms with Crippen LogP contribution in [0.15, 0.2) is 60.7 Å². The Kier molecular flexibility index (Phi) is 13.2. The number of hydrogen-bond acceptors (Lipinski definition) is 7. The van der Waals surface area contributed by atoms with Crippen molar-refractivity contribution in [1.29, 1.82) is 0 Å². The van der Waals surface area contributed by atoms with E-state index in [1.165, 1.54) is 24.8 Å². The molecule has 9 heteroatoms. The Hall–Kier alpha value is -3.43. The minimum absolute atomic E-state index is 0.516. The van der Waals surface area contributed by atoms with Gasteiger partial charge in [0.25, 0.3) is 0 Å². The van der Waals surface area contributed by atoms with E-state index in [0.29, 0.717) is 29.0 Å². The van der Waals surface area contributed by atoms with E-state index in [1.807, 2.05) is 17.8 Å². The summed E-state index contributed by atoms with van der Waals surface area (Å²) in [6.45, 7) is 2.13. The number of likely N-dealkylation sites (tertiary alicyclic amines) is 1. The molecule has 0 radical (unpaired) electrons. The summed E-state index contributed by atoms with van der Waals surface area (Å²) in [6, 6.07) is 14.5. The van der Waals surface area contributed by atoms with Crippen LogP contribution in [0.2, 0.25) is 0 Å². The number of carbonyl (C=O) groups is 2. The molecular weight excluding hydrogens is 494 g/mol. The Morgan fingerprint density at radius 3 is 2.22 bits per heavy atom. The van der Waals surface area contributed by atoms with Gasteiger partial charge in [-0.05, 0) is 37.4 Å². The van der Waals surface area contributed by atoms with Crippen molar-refractivity contribution in [2.24, 2.45) is 0 Å². The average molecular weight is 530 g/mol. The third-order valence-corrected chi connectivity index (χ3v) is 6.99. The van der Waals surface area contributed by atoms with E-state index >= 15 is 0 Å². The van der Waals surface area contributed by atoms with Gasteiger partial charge in [-0.15, -0.1) is 11.8 Å². The van der Waals surface area contributed by atoms with Gasteiger partial charge < -0.3 is 24.4 Å². The molecule has 3 rings (SSSR count). The van der Waals surface area contributed by atoms with Gasteiger partial charge in [-0.2, -0.15) is 0 Å². The summed E-state index contributed by atoms with van der Waals surface area (Å²) in [5.74, 6) is 0.501. The minimum atomic E-state index is -1.26. The first-order chi connectivity index (χ1) is 17.9. The third-order valence-electron chi connectivity index (χ3n) is 5.59. The van der Waals surface area contributed by atoms with Crippen molar-refractivity contribution in [2.75, 3.05) is 34.4 Å². The highest BCUT2D eigenvalue weighted by atomic mass is 32.2. The van der Waals surface area contributed by atoms with Crippen LogP contribution < -0.4 is 14.2 Å². The average Bonchev–Trinajstić information content (AvgIpc) is 2.91. The van der Waals surface area contributed by atoms with Crippen molar-refractivity contribution in [1.82, 2.24) is 4.90 Å². The van der Waals surface area contributed by atoms with Crippen LogP contribution in [0, 0.1) is 0 Å². The zero-order valence-electron chi connectivity index (χ0n) is 21.5. The van der Waals surface area contributed by atoms with Gasteiger partial charge in [0.2, 0.25) is 5.75 Å². The normalized spacial score (nSPS) is 15.7. The summed E-state index contributed by atoms with van der Waals surface area (Å²) < 4.78 is 16.6. The maximum atomic E-state index is 9.55. The highest BCUT2D eigenvalue weighted by Gasteiger charge is 2.23. The van der Waals surface area contributed by atoms with Crippen LogP contribution in [-0.4, -0.2) is 66.8 Å². The number of aliphatic carboxylic acids is 2. The van der Waals surface area contributed by atoms with Crippen LogP contribution in [0.1, 0.15) is 30.4 Å². The molecule has 1 heterocycles. The van der Waals surface area contributed by atoms with Crippen LogP contribution in [-0.2, 0) is 15.3 Å². The summed E-state index contributed by atoms with van der Waals surface area (Å²) in [6.07, 6.45) is 9.40. The van der Waals surface area contributed by atoms with E-state index < -0.39 is 11.9 Å². The van der Waals surface area contributed by atoms with Crippen molar-refractivity contribution in [2.45, 2.75) is 30.4 Å². The number of hydrogen-bond donors (Lipinski definition) is 2. The highest BCUT2D eigenvalue weighted by molar-refractivity contribution is 7.99. The molecule has 0 amide bonds. The van der Waals surface area contributed by atoms with E-state index in [1.54, 1.807) is 21.3 Å². The number of carboxylic acids is 2. The number of carboxylic acid groups (broad SMARTS) is 2. The molecule has 0 spiro atoms. The molecule has 2 N–H and O–H groups in total. The van der Waals surface area contributed by atoms with Crippen molar-refractivity contribution >= 4 is 29.8 Å². The quantitative estimate of drug-likeness (QED) is 0.381. The molecule has 1 aliphatic heterocycles. The van der Waals surface area contributed by atoms with Gasteiger partial charge in [0.05, 0.1) is 26.7 Å². The zero-order chi connectivity index (χ0) is 27.0. The van der Waals surface area contributed by atoms with Crippen LogP contribution in [0.5, 0.6) is 17.2 Å². The van der Waals surface area contributed by atoms with Gasteiger partial charge in [-0.25, -0.2) is 9.59 Å². The predicted molar refractivity (Wildman–Crippen MR) is 146 cm³/mol. The molecule has 0 bridgehead atoms. The van der Waals surface area contributed by atoms with Crippen molar-refractivity contribution < 1.29 is 34.0 Å². The summed E-state index contributed by atoms with van der Waals surface area (Å²) in [7, 11) is 4.99. The number of ether oxygens (including phenoxy) is 3. The van der Waals surface area contributed by atoms with Crippen LogP contribution >= 0.6 is 11.8 Å². The van der Waals surface area contributed by atoms with Crippen LogP contribution in [0.4, 0.5) is 0 Å². The Morgan fingerprint density at radius 1 is 0.946 bits per heavy atom. The number of nitrogens with zero attached hydrogens (tertiary/aromatic N) is 1. The minimum Gasteiger partial charge on any atom is -0.493 e. The topological polar surface area (TPSA) is 106 Å². The van der Waals surface area contributed by atoms with Crippen molar-refractivity contribution in [3.63, 3.8) is 0 Å². The number of benzene rings is 2. The summed E-state index contributed by atoms with van der Waals surface area (Å²) in [4.78, 5) is 21.7. The Morgan fingerprint density at radius 2 is 1.62 bits per heavy atom. The second kappa shape index (κ2) is 16.3. The second-order valence-corrected chi connectivity index (χ2v) is 9.24. The molecule has 1 saturated heterocycles. The van der Waals surface area contributed by atoms with Gasteiger partial charge in [-0.1, -0.05) is 48.6 Å². The molecule has 2 aromatic carbocycles. The highest BCUT2D eigenvalue weighted by Crippen LogP contribution is 2.42. The molecule has 37 heavy (non-hydrogen) atoms. The first-order valence-electron chi connectivity index (χ1n) is 11.9. The Balaban J connectivity index is 0.000000521. The Bertz CT molecular complexity index is 1040. The number of thioether (sulfide) groups is 1. The lowest BCUT2D eigenvalue weighted by Crippen LogP contribution is -2.37. The van der Waals surface area contributed by atoms with E-state index in [-0.39, 0.29) is 0 Å². The molecule has 0 aromatic heterocycles. The molecule has 0 saturated carbocycles. The fraction of sp³-hybridized carbons (Fsp3) is 0.357. The molecule has 1 unspecified atom stereocenters. The summed E-state index contributed by atoms with van der Waals surface area (Å²) in [5.41, 5.74) is 2.39. The molecule has 8 nitrogen and oxygen atoms in total. The zero-order valence-corrected chi connectivity index (χ0v) is 22.3. The van der Waals surface area contributed by atoms with Crippen LogP contribution in [0.25, 0.3) is 6.08 Å². The lowest BCUT2D eigenvalue weighted by atomic mass is 10.1. The van der Waals surface area contributed by atoms with Gasteiger partial charge in [0.1, 0.15) is 0 Å². The van der Waals surface area contributed by atoms with Gasteiger partial charge in [0, 0.05) is 30.0 Å². The lowest BCUT2D eigenvalue weighted by molar-refractivity contribution is -0.134. The fourth-order valence-electron chi connectivity index (χ4n) is 3.85. The van der Waals surface area contributed by atoms with Crippen molar-refractivity contribution in [3.8, 4) is 17.2 Å². The Labute approximate surface area is 222 Å². The summed E-state index contributed by atoms with van der Waals surface area (Å²) >= 11 is 1.98. The molecule has 1 aliphatic rings. The molecule has 2 aromatic rings. The first-order valence-corrected chi connectivity index (χ1v) is 12.9. The molecular formula is C28H35NO7S. The maximum Gasteiger partial charge on any atom is 0.328 e. The first kappa shape index (κ1) is 29.8. The standard InChI is InChI=1S/C24H31NO3S.C4H4O4/c1-26-21-15-14-20(23(27-2)24(21)28-3)18-29-22-13-7-8-16-25(22)17-9-12-19-10-5-4-6-11-19;5-3(6)1-2-4(7)8/h4-6,9-12,14-15,22H,7-8,13,16-18H2,1-3H3;1-2H,(H,5,6)(H,7,8)/b;2-1+. The van der Waals surface area contributed by atoms with E-state index in [2.05, 4.69) is 53.5 Å². The van der Waals surface area contributed by atoms with E-state index in [0.717, 1.165) is 30.2 Å². The number of methoxy groups -OCH3 is 3. The number of rotatable bonds is 11. The maximum absolute atomic E-state index is 9.55. The number of piperidine rings is 1. The van der Waals surface area contributed by atoms with Crippen LogP contribution in [0.3, 0.4) is 0 Å². The molecule has 1 fully saturated rings. The second-order valence-electron chi connectivity index (χ2n) is 8.07. The smallest absolute Gasteiger partial charge is 0.328 e. The lowest BCUT2D eigenvalue weighted by Gasteiger charge is -2.34. The largest absolute Gasteiger partial charge is 0.493 e. The summed E-state index contributed by atoms with van der Waals surface area (Å²) in [5, 5.41) is 16.1. The molecule has 0 aliphatic carbocycles. The monoisotopic (exact) mass is 529 g/mol. The SMILES string of the molecule is COc1ccc(CSC2CCCCN2CC=Cc2ccccc2)c(OC)c1OC.O=C(O)/C=C/C(=O)O. The molecule has 200 valence electrons. The predicted octanol–water partition coefficient (Wildman–Crippen LogP) is 5.18. The van der Waals surface area contributed by atoms with Gasteiger partial charge >= 0.3 is 11.9 Å². The molecule has 1 atom stereocenters. The van der Waals surface area contributed by atoms with Gasteiger partial charge in [-0.3, -0.25) is 4.90 Å². The van der Waals surface area contributed by atoms with E-state index in [9.17, 15) is 9.59 Å².